The lowest BCUT2D eigenvalue weighted by atomic mass is 10.1. The molecule has 3 aromatic carbocycles. The quantitative estimate of drug-likeness (QED) is 0.288. The lowest BCUT2D eigenvalue weighted by Gasteiger charge is -2.11. The summed E-state index contributed by atoms with van der Waals surface area (Å²) < 4.78 is 34.6. The zero-order chi connectivity index (χ0) is 22.7. The molecule has 0 radical (unpaired) electrons. The summed E-state index contributed by atoms with van der Waals surface area (Å²) in [6.07, 6.45) is 1.51. The van der Waals surface area contributed by atoms with Crippen LogP contribution in [0.25, 0.3) is 10.8 Å². The van der Waals surface area contributed by atoms with Gasteiger partial charge in [0, 0.05) is 21.7 Å². The second-order valence-corrected chi connectivity index (χ2v) is 10.8. The Kier molecular flexibility index (Phi) is 6.79. The molecule has 164 valence electrons. The number of halogens is 2. The minimum atomic E-state index is -3.75. The van der Waals surface area contributed by atoms with Gasteiger partial charge in [-0.25, -0.2) is 13.4 Å². The van der Waals surface area contributed by atoms with Crippen molar-refractivity contribution in [1.29, 1.82) is 0 Å². The lowest BCUT2D eigenvalue weighted by molar-refractivity contribution is -0.118. The maximum Gasteiger partial charge on any atom is 0.263 e. The van der Waals surface area contributed by atoms with E-state index in [1.807, 2.05) is 24.3 Å². The Morgan fingerprint density at radius 1 is 1.06 bits per heavy atom. The Labute approximate surface area is 205 Å². The fourth-order valence-electron chi connectivity index (χ4n) is 2.86. The maximum absolute atomic E-state index is 12.4. The van der Waals surface area contributed by atoms with E-state index in [-0.39, 0.29) is 22.5 Å². The summed E-state index contributed by atoms with van der Waals surface area (Å²) in [7, 11) is -3.75. The van der Waals surface area contributed by atoms with Crippen LogP contribution in [0.5, 0.6) is 5.75 Å². The Hall–Kier alpha value is -2.47. The second-order valence-electron chi connectivity index (χ2n) is 6.55. The van der Waals surface area contributed by atoms with Crippen LogP contribution in [0.3, 0.4) is 0 Å². The molecule has 1 aromatic heterocycles. The van der Waals surface area contributed by atoms with Crippen molar-refractivity contribution in [3.63, 3.8) is 0 Å². The minimum absolute atomic E-state index is 0.0636. The first kappa shape index (κ1) is 22.7. The molecule has 0 saturated heterocycles. The molecule has 0 atom stereocenters. The van der Waals surface area contributed by atoms with Crippen LogP contribution in [0.1, 0.15) is 0 Å². The van der Waals surface area contributed by atoms with Crippen molar-refractivity contribution in [1.82, 2.24) is 4.98 Å². The Balaban J connectivity index is 1.38. The Morgan fingerprint density at radius 2 is 1.84 bits per heavy atom. The third kappa shape index (κ3) is 5.29. The normalized spacial score (nSPS) is 11.3. The van der Waals surface area contributed by atoms with Crippen molar-refractivity contribution in [3.05, 3.63) is 75.1 Å². The van der Waals surface area contributed by atoms with Gasteiger partial charge in [-0.3, -0.25) is 9.52 Å². The van der Waals surface area contributed by atoms with E-state index in [1.54, 1.807) is 11.4 Å². The van der Waals surface area contributed by atoms with Gasteiger partial charge in [-0.05, 0) is 69.2 Å². The van der Waals surface area contributed by atoms with Gasteiger partial charge in [0.1, 0.15) is 5.75 Å². The van der Waals surface area contributed by atoms with Gasteiger partial charge in [-0.15, -0.1) is 11.3 Å². The van der Waals surface area contributed by atoms with E-state index in [2.05, 4.69) is 46.9 Å². The molecular weight excluding hydrogens is 582 g/mol. The Bertz CT molecular complexity index is 1380. The molecule has 4 rings (SSSR count). The minimum Gasteiger partial charge on any atom is -0.483 e. The van der Waals surface area contributed by atoms with Crippen molar-refractivity contribution in [2.24, 2.45) is 0 Å². The number of sulfonamides is 1. The first-order valence-electron chi connectivity index (χ1n) is 9.15. The number of nitrogens with zero attached hydrogens (tertiary/aromatic N) is 1. The topological polar surface area (TPSA) is 97.4 Å². The number of nitrogens with one attached hydrogen (secondary N) is 2. The van der Waals surface area contributed by atoms with Gasteiger partial charge in [-0.2, -0.15) is 0 Å². The number of amides is 1. The van der Waals surface area contributed by atoms with Crippen molar-refractivity contribution >= 4 is 80.7 Å². The summed E-state index contributed by atoms with van der Waals surface area (Å²) >= 11 is 8.16. The van der Waals surface area contributed by atoms with Gasteiger partial charge in [0.15, 0.2) is 11.7 Å². The molecule has 1 heterocycles. The fraction of sp³-hybridized carbons (Fsp3) is 0.0476. The van der Waals surface area contributed by atoms with Gasteiger partial charge in [-0.1, -0.05) is 28.1 Å². The van der Waals surface area contributed by atoms with E-state index < -0.39 is 10.0 Å². The van der Waals surface area contributed by atoms with Crippen molar-refractivity contribution < 1.29 is 17.9 Å². The van der Waals surface area contributed by atoms with Crippen LogP contribution >= 0.6 is 43.2 Å². The molecule has 0 aliphatic rings. The third-order valence-corrected chi connectivity index (χ3v) is 7.83. The lowest BCUT2D eigenvalue weighted by Crippen LogP contribution is -2.20. The highest BCUT2D eigenvalue weighted by atomic mass is 79.9. The van der Waals surface area contributed by atoms with E-state index in [1.165, 1.54) is 41.8 Å². The standard InChI is InChI=1S/C21H15Br2N3O4S2/c22-14-2-7-17-13(11-14)1-8-18(20(17)23)30-12-19(27)25-15-3-5-16(6-4-15)32(28,29)26-21-24-9-10-31-21/h1-11H,12H2,(H,24,26)(H,25,27). The molecule has 7 nitrogen and oxygen atoms in total. The highest BCUT2D eigenvalue weighted by molar-refractivity contribution is 9.11. The first-order chi connectivity index (χ1) is 15.3. The molecule has 0 aliphatic carbocycles. The number of thiazole rings is 1. The maximum atomic E-state index is 12.4. The number of anilines is 2. The summed E-state index contributed by atoms with van der Waals surface area (Å²) in [5, 5.41) is 6.65. The number of rotatable bonds is 7. The van der Waals surface area contributed by atoms with Crippen LogP contribution in [0.2, 0.25) is 0 Å². The summed E-state index contributed by atoms with van der Waals surface area (Å²) in [5.41, 5.74) is 0.453. The van der Waals surface area contributed by atoms with Crippen LogP contribution in [0.15, 0.2) is 80.0 Å². The van der Waals surface area contributed by atoms with Gasteiger partial charge in [0.25, 0.3) is 15.9 Å². The zero-order valence-corrected chi connectivity index (χ0v) is 21.0. The van der Waals surface area contributed by atoms with Crippen molar-refractivity contribution in [3.8, 4) is 5.75 Å². The number of aromatic nitrogens is 1. The molecule has 32 heavy (non-hydrogen) atoms. The molecule has 11 heteroatoms. The zero-order valence-electron chi connectivity index (χ0n) is 16.2. The second kappa shape index (κ2) is 9.57. The summed E-state index contributed by atoms with van der Waals surface area (Å²) in [4.78, 5) is 16.3. The number of hydrogen-bond acceptors (Lipinski definition) is 6. The van der Waals surface area contributed by atoms with Crippen LogP contribution in [-0.4, -0.2) is 25.9 Å². The Morgan fingerprint density at radius 3 is 2.56 bits per heavy atom. The molecule has 0 bridgehead atoms. The highest BCUT2D eigenvalue weighted by Crippen LogP contribution is 2.34. The third-order valence-electron chi connectivity index (χ3n) is 4.34. The van der Waals surface area contributed by atoms with Crippen LogP contribution < -0.4 is 14.8 Å². The van der Waals surface area contributed by atoms with Crippen LogP contribution in [0.4, 0.5) is 10.8 Å². The van der Waals surface area contributed by atoms with E-state index >= 15 is 0 Å². The molecule has 0 aliphatic heterocycles. The largest absolute Gasteiger partial charge is 0.483 e. The molecular formula is C21H15Br2N3O4S2. The van der Waals surface area contributed by atoms with Crippen molar-refractivity contribution in [2.45, 2.75) is 4.90 Å². The number of fused-ring (bicyclic) bond motifs is 1. The molecule has 0 saturated carbocycles. The number of hydrogen-bond donors (Lipinski definition) is 2. The van der Waals surface area contributed by atoms with E-state index in [0.717, 1.165) is 19.7 Å². The monoisotopic (exact) mass is 595 g/mol. The van der Waals surface area contributed by atoms with Gasteiger partial charge in [0.2, 0.25) is 0 Å². The summed E-state index contributed by atoms with van der Waals surface area (Å²) in [5.74, 6) is 0.175. The van der Waals surface area contributed by atoms with Crippen LogP contribution in [-0.2, 0) is 14.8 Å². The first-order valence-corrected chi connectivity index (χ1v) is 13.1. The SMILES string of the molecule is O=C(COc1ccc2cc(Br)ccc2c1Br)Nc1ccc(S(=O)(=O)Nc2nccs2)cc1. The van der Waals surface area contributed by atoms with E-state index in [0.29, 0.717) is 11.4 Å². The smallest absolute Gasteiger partial charge is 0.263 e. The van der Waals surface area contributed by atoms with E-state index in [4.69, 9.17) is 4.74 Å². The fourth-order valence-corrected chi connectivity index (χ4v) is 5.63. The highest BCUT2D eigenvalue weighted by Gasteiger charge is 2.16. The number of carbonyl (C=O) groups is 1. The predicted molar refractivity (Wildman–Crippen MR) is 133 cm³/mol. The van der Waals surface area contributed by atoms with Gasteiger partial charge < -0.3 is 10.1 Å². The number of carbonyl (C=O) groups excluding carboxylic acids is 1. The van der Waals surface area contributed by atoms with Crippen LogP contribution in [0, 0.1) is 0 Å². The number of ether oxygens (including phenoxy) is 1. The average Bonchev–Trinajstić information content (AvgIpc) is 3.26. The van der Waals surface area contributed by atoms with Crippen molar-refractivity contribution in [2.75, 3.05) is 16.6 Å². The summed E-state index contributed by atoms with van der Waals surface area (Å²) in [6, 6.07) is 15.4. The molecule has 0 unspecified atom stereocenters. The average molecular weight is 597 g/mol. The molecule has 2 N–H and O–H groups in total. The van der Waals surface area contributed by atoms with Gasteiger partial charge >= 0.3 is 0 Å². The number of benzene rings is 3. The molecule has 1 amide bonds. The summed E-state index contributed by atoms with van der Waals surface area (Å²) in [6.45, 7) is -0.202. The molecule has 4 aromatic rings. The molecule has 0 spiro atoms. The van der Waals surface area contributed by atoms with E-state index in [9.17, 15) is 13.2 Å². The predicted octanol–water partition coefficient (Wildman–Crippen LogP) is 5.64. The van der Waals surface area contributed by atoms with Gasteiger partial charge in [0.05, 0.1) is 9.37 Å². The molecule has 0 fully saturated rings.